The molecule has 1 fully saturated rings. The van der Waals surface area contributed by atoms with Gasteiger partial charge in [-0.2, -0.15) is 4.98 Å². The third-order valence-electron chi connectivity index (χ3n) is 5.94. The predicted octanol–water partition coefficient (Wildman–Crippen LogP) is 2.41. The van der Waals surface area contributed by atoms with Crippen molar-refractivity contribution >= 4 is 11.8 Å². The number of aliphatic hydroxyl groups excluding tert-OH is 1. The molecule has 5 rings (SSSR count). The highest BCUT2D eigenvalue weighted by Gasteiger charge is 2.36. The zero-order valence-electron chi connectivity index (χ0n) is 14.7. The maximum Gasteiger partial charge on any atom is 0.222 e. The fourth-order valence-corrected chi connectivity index (χ4v) is 4.49. The number of ether oxygens (including phenoxy) is 1. The molecular formula is C20H24N4O2. The summed E-state index contributed by atoms with van der Waals surface area (Å²) in [6.07, 6.45) is 5.46. The molecule has 4 N–H and O–H groups in total. The van der Waals surface area contributed by atoms with Gasteiger partial charge in [-0.25, -0.2) is 4.98 Å². The quantitative estimate of drug-likeness (QED) is 0.782. The van der Waals surface area contributed by atoms with Crippen molar-refractivity contribution in [2.75, 3.05) is 17.7 Å². The third kappa shape index (κ3) is 2.69. The van der Waals surface area contributed by atoms with E-state index < -0.39 is 0 Å². The number of aryl methyl sites for hydroxylation is 1. The maximum atomic E-state index is 9.84. The highest BCUT2D eigenvalue weighted by Crippen LogP contribution is 2.42. The second kappa shape index (κ2) is 6.13. The van der Waals surface area contributed by atoms with E-state index in [1.165, 1.54) is 16.7 Å². The van der Waals surface area contributed by atoms with Gasteiger partial charge in [-0.3, -0.25) is 0 Å². The Morgan fingerprint density at radius 3 is 2.92 bits per heavy atom. The molecule has 1 saturated carbocycles. The summed E-state index contributed by atoms with van der Waals surface area (Å²) >= 11 is 0. The first-order valence-electron chi connectivity index (χ1n) is 9.53. The van der Waals surface area contributed by atoms with Gasteiger partial charge in [-0.05, 0) is 61.3 Å². The summed E-state index contributed by atoms with van der Waals surface area (Å²) in [6, 6.07) is 6.57. The molecule has 3 aliphatic rings. The van der Waals surface area contributed by atoms with Crippen LogP contribution in [0.5, 0.6) is 5.75 Å². The van der Waals surface area contributed by atoms with Gasteiger partial charge in [0.1, 0.15) is 11.6 Å². The summed E-state index contributed by atoms with van der Waals surface area (Å²) < 4.78 is 5.65. The number of nitrogens with one attached hydrogen (secondary N) is 1. The summed E-state index contributed by atoms with van der Waals surface area (Å²) in [6.45, 7) is 0.759. The van der Waals surface area contributed by atoms with Gasteiger partial charge in [0.15, 0.2) is 0 Å². The van der Waals surface area contributed by atoms with Crippen LogP contribution in [0.3, 0.4) is 0 Å². The lowest BCUT2D eigenvalue weighted by molar-refractivity contribution is 0.0339. The van der Waals surface area contributed by atoms with E-state index in [9.17, 15) is 5.11 Å². The number of nitrogens with zero attached hydrogens (tertiary/aromatic N) is 2. The standard InChI is InChI=1S/C20H24N4O2/c21-20-22-16-3-1-2-15(16)19(24-20)23-18(13-9-14(25)10-13)12-4-5-17-11(8-12)6-7-26-17/h4-5,8,13-14,18,25H,1-3,6-7,9-10H2,(H3,21,22,23,24)/t13?,14?,18-/m0/s1. The zero-order chi connectivity index (χ0) is 17.7. The van der Waals surface area contributed by atoms with E-state index in [1.807, 2.05) is 0 Å². The van der Waals surface area contributed by atoms with Crippen LogP contribution >= 0.6 is 0 Å². The lowest BCUT2D eigenvalue weighted by atomic mass is 9.74. The molecule has 1 atom stereocenters. The molecule has 1 aliphatic heterocycles. The average molecular weight is 352 g/mol. The van der Waals surface area contributed by atoms with Crippen molar-refractivity contribution in [3.63, 3.8) is 0 Å². The molecule has 2 heterocycles. The van der Waals surface area contributed by atoms with Crippen LogP contribution < -0.4 is 15.8 Å². The average Bonchev–Trinajstić information content (AvgIpc) is 3.24. The first-order chi connectivity index (χ1) is 12.7. The van der Waals surface area contributed by atoms with Crippen molar-refractivity contribution in [1.82, 2.24) is 9.97 Å². The molecule has 2 aromatic rings. The van der Waals surface area contributed by atoms with Gasteiger partial charge in [0.25, 0.3) is 0 Å². The first-order valence-corrected chi connectivity index (χ1v) is 9.53. The highest BCUT2D eigenvalue weighted by atomic mass is 16.5. The minimum atomic E-state index is -0.191. The summed E-state index contributed by atoms with van der Waals surface area (Å²) in [5.41, 5.74) is 10.7. The van der Waals surface area contributed by atoms with Gasteiger partial charge in [0.05, 0.1) is 24.4 Å². The number of aromatic nitrogens is 2. The normalized spacial score (nSPS) is 24.3. The van der Waals surface area contributed by atoms with Crippen molar-refractivity contribution in [2.45, 2.75) is 50.7 Å². The van der Waals surface area contributed by atoms with E-state index in [2.05, 4.69) is 33.5 Å². The van der Waals surface area contributed by atoms with Gasteiger partial charge in [0.2, 0.25) is 5.95 Å². The molecule has 0 saturated heterocycles. The molecule has 1 aromatic carbocycles. The van der Waals surface area contributed by atoms with Crippen LogP contribution in [0, 0.1) is 5.92 Å². The van der Waals surface area contributed by atoms with Crippen LogP contribution in [0.4, 0.5) is 11.8 Å². The summed E-state index contributed by atoms with van der Waals surface area (Å²) in [5, 5.41) is 13.5. The van der Waals surface area contributed by atoms with Gasteiger partial charge in [-0.15, -0.1) is 0 Å². The van der Waals surface area contributed by atoms with Crippen molar-refractivity contribution < 1.29 is 9.84 Å². The van der Waals surface area contributed by atoms with E-state index in [-0.39, 0.29) is 12.1 Å². The van der Waals surface area contributed by atoms with E-state index in [0.717, 1.165) is 62.4 Å². The maximum absolute atomic E-state index is 9.84. The predicted molar refractivity (Wildman–Crippen MR) is 99.2 cm³/mol. The first kappa shape index (κ1) is 15.9. The zero-order valence-corrected chi connectivity index (χ0v) is 14.7. The summed E-state index contributed by atoms with van der Waals surface area (Å²) in [7, 11) is 0. The smallest absolute Gasteiger partial charge is 0.222 e. The molecule has 0 amide bonds. The minimum absolute atomic E-state index is 0.114. The Bertz CT molecular complexity index is 848. The lowest BCUT2D eigenvalue weighted by Crippen LogP contribution is -2.36. The van der Waals surface area contributed by atoms with Crippen molar-refractivity contribution in [3.05, 3.63) is 40.6 Å². The van der Waals surface area contributed by atoms with Crippen LogP contribution in [0.15, 0.2) is 18.2 Å². The molecule has 0 radical (unpaired) electrons. The molecule has 26 heavy (non-hydrogen) atoms. The lowest BCUT2D eigenvalue weighted by Gasteiger charge is -2.39. The number of rotatable bonds is 4. The van der Waals surface area contributed by atoms with E-state index >= 15 is 0 Å². The molecule has 6 heteroatoms. The Hall–Kier alpha value is -2.34. The fourth-order valence-electron chi connectivity index (χ4n) is 4.49. The molecule has 0 bridgehead atoms. The number of nitrogens with two attached hydrogens (primary N) is 1. The Kier molecular flexibility index (Phi) is 3.74. The number of benzene rings is 1. The van der Waals surface area contributed by atoms with Crippen LogP contribution in [-0.4, -0.2) is 27.8 Å². The molecule has 0 spiro atoms. The number of anilines is 2. The number of aliphatic hydroxyl groups is 1. The molecule has 136 valence electrons. The largest absolute Gasteiger partial charge is 0.493 e. The summed E-state index contributed by atoms with van der Waals surface area (Å²) in [4.78, 5) is 8.91. The number of hydrogen-bond donors (Lipinski definition) is 3. The van der Waals surface area contributed by atoms with Gasteiger partial charge < -0.3 is 20.9 Å². The van der Waals surface area contributed by atoms with Crippen LogP contribution in [0.25, 0.3) is 0 Å². The highest BCUT2D eigenvalue weighted by molar-refractivity contribution is 5.54. The van der Waals surface area contributed by atoms with Gasteiger partial charge in [-0.1, -0.05) is 6.07 Å². The monoisotopic (exact) mass is 352 g/mol. The van der Waals surface area contributed by atoms with Gasteiger partial charge in [0, 0.05) is 12.0 Å². The van der Waals surface area contributed by atoms with Crippen LogP contribution in [0.2, 0.25) is 0 Å². The Morgan fingerprint density at radius 2 is 2.08 bits per heavy atom. The molecule has 6 nitrogen and oxygen atoms in total. The van der Waals surface area contributed by atoms with Crippen LogP contribution in [0.1, 0.15) is 47.7 Å². The van der Waals surface area contributed by atoms with Gasteiger partial charge >= 0.3 is 0 Å². The van der Waals surface area contributed by atoms with E-state index in [4.69, 9.17) is 10.5 Å². The second-order valence-corrected chi connectivity index (χ2v) is 7.68. The van der Waals surface area contributed by atoms with Crippen molar-refractivity contribution in [2.24, 2.45) is 5.92 Å². The topological polar surface area (TPSA) is 93.3 Å². The minimum Gasteiger partial charge on any atom is -0.493 e. The van der Waals surface area contributed by atoms with Crippen molar-refractivity contribution in [3.8, 4) is 5.75 Å². The Morgan fingerprint density at radius 1 is 1.19 bits per heavy atom. The van der Waals surface area contributed by atoms with Crippen LogP contribution in [-0.2, 0) is 19.3 Å². The number of fused-ring (bicyclic) bond motifs is 2. The summed E-state index contributed by atoms with van der Waals surface area (Å²) in [5.74, 6) is 2.59. The second-order valence-electron chi connectivity index (χ2n) is 7.68. The number of hydrogen-bond acceptors (Lipinski definition) is 6. The van der Waals surface area contributed by atoms with E-state index in [0.29, 0.717) is 11.9 Å². The third-order valence-corrected chi connectivity index (χ3v) is 5.94. The SMILES string of the molecule is Nc1nc2c(c(N[C@@H](c3ccc4c(c3)CCO4)C3CC(O)C3)n1)CCC2. The molecule has 2 aliphatic carbocycles. The van der Waals surface area contributed by atoms with E-state index in [1.54, 1.807) is 0 Å². The molecule has 1 aromatic heterocycles. The number of nitrogen functional groups attached to an aromatic ring is 1. The molecule has 0 unspecified atom stereocenters. The Balaban J connectivity index is 1.50. The molecular weight excluding hydrogens is 328 g/mol. The fraction of sp³-hybridized carbons (Fsp3) is 0.500. The van der Waals surface area contributed by atoms with Crippen molar-refractivity contribution in [1.29, 1.82) is 0 Å². The Labute approximate surface area is 152 Å².